The van der Waals surface area contributed by atoms with E-state index in [1.807, 2.05) is 37.3 Å². The van der Waals surface area contributed by atoms with Crippen LogP contribution in [0.3, 0.4) is 0 Å². The molecule has 3 rings (SSSR count). The Balaban J connectivity index is 2.07. The van der Waals surface area contributed by atoms with Crippen LogP contribution in [0.1, 0.15) is 30.0 Å². The van der Waals surface area contributed by atoms with Gasteiger partial charge in [0.05, 0.1) is 11.9 Å². The number of benzene rings is 3. The SMILES string of the molecule is CCCNC(=O)C(Cc1ccccc1)N(Cc1ccccc1Cl)C(=O)CN(c1ccc(Cl)cc1C)S(C)(=O)=O. The maximum absolute atomic E-state index is 14.0. The fourth-order valence-electron chi connectivity index (χ4n) is 4.22. The molecule has 0 bridgehead atoms. The Morgan fingerprint density at radius 1 is 0.974 bits per heavy atom. The molecule has 0 aromatic heterocycles. The third kappa shape index (κ3) is 8.46. The number of carbonyl (C=O) groups is 2. The quantitative estimate of drug-likeness (QED) is 0.313. The maximum Gasteiger partial charge on any atom is 0.244 e. The number of sulfonamides is 1. The zero-order valence-corrected chi connectivity index (χ0v) is 24.6. The van der Waals surface area contributed by atoms with Gasteiger partial charge in [-0.3, -0.25) is 13.9 Å². The van der Waals surface area contributed by atoms with E-state index in [4.69, 9.17) is 23.2 Å². The first-order valence-electron chi connectivity index (χ1n) is 12.6. The third-order valence-corrected chi connectivity index (χ3v) is 7.96. The van der Waals surface area contributed by atoms with Crippen LogP contribution in [-0.2, 0) is 32.6 Å². The van der Waals surface area contributed by atoms with Crippen LogP contribution >= 0.6 is 23.2 Å². The molecule has 10 heteroatoms. The fraction of sp³-hybridized carbons (Fsp3) is 0.310. The lowest BCUT2D eigenvalue weighted by atomic mass is 10.0. The van der Waals surface area contributed by atoms with Gasteiger partial charge in [0.25, 0.3) is 0 Å². The van der Waals surface area contributed by atoms with Gasteiger partial charge < -0.3 is 10.2 Å². The van der Waals surface area contributed by atoms with Gasteiger partial charge in [0.2, 0.25) is 21.8 Å². The van der Waals surface area contributed by atoms with Crippen LogP contribution in [0, 0.1) is 6.92 Å². The molecule has 1 unspecified atom stereocenters. The van der Waals surface area contributed by atoms with Gasteiger partial charge in [0.1, 0.15) is 12.6 Å². The van der Waals surface area contributed by atoms with Crippen molar-refractivity contribution in [2.75, 3.05) is 23.7 Å². The van der Waals surface area contributed by atoms with E-state index < -0.39 is 28.5 Å². The zero-order valence-electron chi connectivity index (χ0n) is 22.2. The summed E-state index contributed by atoms with van der Waals surface area (Å²) in [6.07, 6.45) is 2.01. The van der Waals surface area contributed by atoms with Gasteiger partial charge in [-0.1, -0.05) is 78.7 Å². The number of carbonyl (C=O) groups excluding carboxylic acids is 2. The molecule has 0 spiro atoms. The van der Waals surface area contributed by atoms with Crippen molar-refractivity contribution in [2.24, 2.45) is 0 Å². The predicted octanol–water partition coefficient (Wildman–Crippen LogP) is 5.23. The molecule has 3 aromatic carbocycles. The highest BCUT2D eigenvalue weighted by atomic mass is 35.5. The van der Waals surface area contributed by atoms with Gasteiger partial charge in [-0.05, 0) is 54.3 Å². The lowest BCUT2D eigenvalue weighted by Gasteiger charge is -2.34. The van der Waals surface area contributed by atoms with Gasteiger partial charge >= 0.3 is 0 Å². The standard InChI is InChI=1S/C29H33Cl2N3O4S/c1-4-16-32-29(36)27(18-22-10-6-5-7-11-22)33(19-23-12-8-9-13-25(23)31)28(35)20-34(39(3,37)38)26-15-14-24(30)17-21(26)2/h5-15,17,27H,4,16,18-20H2,1-3H3,(H,32,36). The average molecular weight is 591 g/mol. The molecule has 1 atom stereocenters. The van der Waals surface area contributed by atoms with Crippen LogP contribution in [0.2, 0.25) is 10.0 Å². The van der Waals surface area contributed by atoms with Crippen LogP contribution in [0.25, 0.3) is 0 Å². The van der Waals surface area contributed by atoms with Crippen molar-refractivity contribution >= 4 is 50.7 Å². The molecule has 0 saturated carbocycles. The second kappa shape index (κ2) is 13.8. The largest absolute Gasteiger partial charge is 0.354 e. The molecule has 0 fully saturated rings. The van der Waals surface area contributed by atoms with E-state index in [0.717, 1.165) is 22.5 Å². The molecule has 3 aromatic rings. The van der Waals surface area contributed by atoms with Crippen molar-refractivity contribution in [3.63, 3.8) is 0 Å². The van der Waals surface area contributed by atoms with Crippen LogP contribution in [-0.4, -0.2) is 50.5 Å². The van der Waals surface area contributed by atoms with Gasteiger partial charge in [-0.25, -0.2) is 8.42 Å². The van der Waals surface area contributed by atoms with Gasteiger partial charge in [-0.2, -0.15) is 0 Å². The van der Waals surface area contributed by atoms with Gasteiger partial charge in [-0.15, -0.1) is 0 Å². The summed E-state index contributed by atoms with van der Waals surface area (Å²) in [5.74, 6) is -0.864. The number of halogens is 2. The Bertz CT molecular complexity index is 1400. The number of nitrogens with zero attached hydrogens (tertiary/aromatic N) is 2. The molecule has 2 amide bonds. The molecule has 0 radical (unpaired) electrons. The zero-order chi connectivity index (χ0) is 28.6. The van der Waals surface area contributed by atoms with E-state index >= 15 is 0 Å². The molecular weight excluding hydrogens is 557 g/mol. The van der Waals surface area contributed by atoms with Crippen LogP contribution < -0.4 is 9.62 Å². The highest BCUT2D eigenvalue weighted by molar-refractivity contribution is 7.92. The summed E-state index contributed by atoms with van der Waals surface area (Å²) >= 11 is 12.5. The molecule has 0 aliphatic carbocycles. The number of aryl methyl sites for hydroxylation is 1. The second-order valence-electron chi connectivity index (χ2n) is 9.31. The Hall–Kier alpha value is -3.07. The van der Waals surface area contributed by atoms with Crippen molar-refractivity contribution in [1.29, 1.82) is 0 Å². The maximum atomic E-state index is 14.0. The van der Waals surface area contributed by atoms with Gasteiger partial charge in [0.15, 0.2) is 0 Å². The van der Waals surface area contributed by atoms with E-state index in [-0.39, 0.29) is 18.9 Å². The Morgan fingerprint density at radius 3 is 2.26 bits per heavy atom. The normalized spacial score (nSPS) is 12.0. The molecule has 7 nitrogen and oxygen atoms in total. The molecular formula is C29H33Cl2N3O4S. The summed E-state index contributed by atoms with van der Waals surface area (Å²) in [5.41, 5.74) is 2.44. The van der Waals surface area contributed by atoms with Crippen molar-refractivity contribution in [1.82, 2.24) is 10.2 Å². The van der Waals surface area contributed by atoms with Gasteiger partial charge in [0, 0.05) is 29.6 Å². The highest BCUT2D eigenvalue weighted by Gasteiger charge is 2.33. The first kappa shape index (κ1) is 30.5. The highest BCUT2D eigenvalue weighted by Crippen LogP contribution is 2.27. The van der Waals surface area contributed by atoms with E-state index in [1.165, 1.54) is 4.90 Å². The fourth-order valence-corrected chi connectivity index (χ4v) is 5.55. The third-order valence-electron chi connectivity index (χ3n) is 6.23. The van der Waals surface area contributed by atoms with E-state index in [0.29, 0.717) is 33.4 Å². The van der Waals surface area contributed by atoms with E-state index in [2.05, 4.69) is 5.32 Å². The number of nitrogens with one attached hydrogen (secondary N) is 1. The lowest BCUT2D eigenvalue weighted by Crippen LogP contribution is -2.53. The lowest BCUT2D eigenvalue weighted by molar-refractivity contribution is -0.140. The summed E-state index contributed by atoms with van der Waals surface area (Å²) in [6.45, 7) is 3.63. The van der Waals surface area contributed by atoms with E-state index in [9.17, 15) is 18.0 Å². The molecule has 0 aliphatic rings. The number of hydrogen-bond donors (Lipinski definition) is 1. The van der Waals surface area contributed by atoms with Crippen molar-refractivity contribution in [3.8, 4) is 0 Å². The first-order valence-corrected chi connectivity index (χ1v) is 15.2. The number of hydrogen-bond acceptors (Lipinski definition) is 4. The Labute approximate surface area is 240 Å². The number of amides is 2. The smallest absolute Gasteiger partial charge is 0.244 e. The number of rotatable bonds is 12. The predicted molar refractivity (Wildman–Crippen MR) is 158 cm³/mol. The summed E-state index contributed by atoms with van der Waals surface area (Å²) < 4.78 is 26.8. The molecule has 39 heavy (non-hydrogen) atoms. The molecule has 1 N–H and O–H groups in total. The van der Waals surface area contributed by atoms with Crippen molar-refractivity contribution in [3.05, 3.63) is 99.5 Å². The van der Waals surface area contributed by atoms with E-state index in [1.54, 1.807) is 49.4 Å². The monoisotopic (exact) mass is 589 g/mol. The summed E-state index contributed by atoms with van der Waals surface area (Å²) in [6, 6.07) is 20.3. The van der Waals surface area contributed by atoms with Crippen molar-refractivity contribution < 1.29 is 18.0 Å². The average Bonchev–Trinajstić information content (AvgIpc) is 2.89. The van der Waals surface area contributed by atoms with Crippen LogP contribution in [0.15, 0.2) is 72.8 Å². The minimum absolute atomic E-state index is 0.0206. The molecule has 0 aliphatic heterocycles. The molecule has 0 saturated heterocycles. The molecule has 0 heterocycles. The first-order chi connectivity index (χ1) is 18.5. The molecule has 208 valence electrons. The Morgan fingerprint density at radius 2 is 1.64 bits per heavy atom. The minimum Gasteiger partial charge on any atom is -0.354 e. The summed E-state index contributed by atoms with van der Waals surface area (Å²) in [4.78, 5) is 29.0. The van der Waals surface area contributed by atoms with Crippen LogP contribution in [0.4, 0.5) is 5.69 Å². The summed E-state index contributed by atoms with van der Waals surface area (Å²) in [5, 5.41) is 3.80. The Kier molecular flexibility index (Phi) is 10.8. The summed E-state index contributed by atoms with van der Waals surface area (Å²) in [7, 11) is -3.87. The van der Waals surface area contributed by atoms with Crippen molar-refractivity contribution in [2.45, 2.75) is 39.3 Å². The number of anilines is 1. The second-order valence-corrected chi connectivity index (χ2v) is 12.1. The minimum atomic E-state index is -3.87. The topological polar surface area (TPSA) is 86.8 Å². The van der Waals surface area contributed by atoms with Crippen LogP contribution in [0.5, 0.6) is 0 Å².